The van der Waals surface area contributed by atoms with Crippen molar-refractivity contribution in [1.29, 1.82) is 0 Å². The van der Waals surface area contributed by atoms with Crippen LogP contribution in [0.4, 0.5) is 0 Å². The summed E-state index contributed by atoms with van der Waals surface area (Å²) >= 11 is 1.50. The first-order valence-corrected chi connectivity index (χ1v) is 13.7. The smallest absolute Gasteiger partial charge is 0.260 e. The van der Waals surface area contributed by atoms with E-state index in [1.165, 1.54) is 16.9 Å². The molecule has 0 spiro atoms. The van der Waals surface area contributed by atoms with Crippen LogP contribution in [-0.2, 0) is 11.3 Å². The number of aliphatic hydroxyl groups excluding tert-OH is 1. The molecular formula is C29H34N4O3S. The molecule has 194 valence electrons. The summed E-state index contributed by atoms with van der Waals surface area (Å²) in [5, 5.41) is 13.6. The summed E-state index contributed by atoms with van der Waals surface area (Å²) in [6.45, 7) is 9.99. The zero-order valence-electron chi connectivity index (χ0n) is 21.4. The molecule has 0 amide bonds. The van der Waals surface area contributed by atoms with Crippen molar-refractivity contribution in [2.24, 2.45) is 0 Å². The maximum absolute atomic E-state index is 13.3. The fraction of sp³-hybridized carbons (Fsp3) is 0.379. The van der Waals surface area contributed by atoms with Gasteiger partial charge in [-0.25, -0.2) is 4.98 Å². The molecule has 3 heterocycles. The number of ether oxygens (including phenoxy) is 1. The monoisotopic (exact) mass is 518 g/mol. The van der Waals surface area contributed by atoms with E-state index < -0.39 is 6.10 Å². The standard InChI is InChI=1S/C29H34N4O3S/c1-20-8-9-23(21(2)16-20)24-19-37-29-27(24)28(35)30-26(31-29)18-33(11-10-32-12-14-36-15-13-32)17-25(34)22-6-4-3-5-7-22/h3-9,16,19,25,34H,10-15,17-18H2,1-2H3,(H,30,31,35)/t25-/m1/s1. The van der Waals surface area contributed by atoms with Crippen molar-refractivity contribution in [3.63, 3.8) is 0 Å². The number of aryl methyl sites for hydroxylation is 2. The molecule has 2 aromatic carbocycles. The minimum Gasteiger partial charge on any atom is -0.387 e. The summed E-state index contributed by atoms with van der Waals surface area (Å²) in [4.78, 5) is 26.5. The van der Waals surface area contributed by atoms with Crippen LogP contribution in [0.25, 0.3) is 21.3 Å². The lowest BCUT2D eigenvalue weighted by molar-refractivity contribution is 0.0288. The van der Waals surface area contributed by atoms with E-state index in [0.29, 0.717) is 24.3 Å². The first-order valence-electron chi connectivity index (χ1n) is 12.8. The van der Waals surface area contributed by atoms with Crippen molar-refractivity contribution in [2.75, 3.05) is 45.9 Å². The Balaban J connectivity index is 1.39. The molecule has 0 saturated carbocycles. The van der Waals surface area contributed by atoms with E-state index in [9.17, 15) is 9.90 Å². The summed E-state index contributed by atoms with van der Waals surface area (Å²) in [5.41, 5.74) is 5.11. The molecule has 37 heavy (non-hydrogen) atoms. The Morgan fingerprint density at radius 1 is 1.14 bits per heavy atom. The second-order valence-corrected chi connectivity index (χ2v) is 10.6. The molecule has 5 rings (SSSR count). The van der Waals surface area contributed by atoms with Crippen LogP contribution in [-0.4, -0.2) is 70.8 Å². The molecule has 4 aromatic rings. The van der Waals surface area contributed by atoms with E-state index in [4.69, 9.17) is 9.72 Å². The van der Waals surface area contributed by atoms with Crippen LogP contribution in [0.1, 0.15) is 28.6 Å². The molecule has 8 heteroatoms. The summed E-state index contributed by atoms with van der Waals surface area (Å²) in [6.07, 6.45) is -0.626. The Labute approximate surface area is 221 Å². The van der Waals surface area contributed by atoms with Crippen molar-refractivity contribution < 1.29 is 9.84 Å². The third-order valence-electron chi connectivity index (χ3n) is 6.99. The quantitative estimate of drug-likeness (QED) is 0.347. The molecule has 7 nitrogen and oxygen atoms in total. The van der Waals surface area contributed by atoms with Crippen molar-refractivity contribution in [3.8, 4) is 11.1 Å². The zero-order valence-corrected chi connectivity index (χ0v) is 22.3. The van der Waals surface area contributed by atoms with Crippen LogP contribution in [0.5, 0.6) is 0 Å². The maximum atomic E-state index is 13.3. The van der Waals surface area contributed by atoms with Crippen LogP contribution in [0.15, 0.2) is 58.7 Å². The highest BCUT2D eigenvalue weighted by Gasteiger charge is 2.19. The van der Waals surface area contributed by atoms with E-state index >= 15 is 0 Å². The Morgan fingerprint density at radius 2 is 1.92 bits per heavy atom. The summed E-state index contributed by atoms with van der Waals surface area (Å²) in [6, 6.07) is 16.0. The van der Waals surface area contributed by atoms with Crippen molar-refractivity contribution in [3.05, 3.63) is 86.8 Å². The van der Waals surface area contributed by atoms with E-state index in [1.807, 2.05) is 35.7 Å². The number of fused-ring (bicyclic) bond motifs is 1. The Kier molecular flexibility index (Phi) is 8.12. The number of aromatic amines is 1. The molecule has 2 aromatic heterocycles. The lowest BCUT2D eigenvalue weighted by Gasteiger charge is -2.30. The van der Waals surface area contributed by atoms with Gasteiger partial charge in [-0.2, -0.15) is 0 Å². The maximum Gasteiger partial charge on any atom is 0.260 e. The Hall–Kier alpha value is -2.88. The van der Waals surface area contributed by atoms with E-state index in [0.717, 1.165) is 66.5 Å². The molecule has 0 unspecified atom stereocenters. The van der Waals surface area contributed by atoms with Gasteiger partial charge in [-0.05, 0) is 30.5 Å². The van der Waals surface area contributed by atoms with Gasteiger partial charge in [0.2, 0.25) is 0 Å². The number of H-pyrrole nitrogens is 1. The van der Waals surface area contributed by atoms with Crippen molar-refractivity contribution in [2.45, 2.75) is 26.5 Å². The first kappa shape index (κ1) is 25.8. The number of hydrogen-bond acceptors (Lipinski definition) is 7. The molecule has 1 atom stereocenters. The van der Waals surface area contributed by atoms with Crippen LogP contribution in [0.2, 0.25) is 0 Å². The average molecular weight is 519 g/mol. The third kappa shape index (κ3) is 6.17. The van der Waals surface area contributed by atoms with Gasteiger partial charge in [0.1, 0.15) is 10.7 Å². The number of hydrogen-bond donors (Lipinski definition) is 2. The number of aromatic nitrogens is 2. The van der Waals surface area contributed by atoms with Crippen LogP contribution in [0, 0.1) is 13.8 Å². The molecule has 0 aliphatic carbocycles. The minimum absolute atomic E-state index is 0.118. The number of rotatable bonds is 9. The van der Waals surface area contributed by atoms with Crippen LogP contribution >= 0.6 is 11.3 Å². The van der Waals surface area contributed by atoms with Crippen molar-refractivity contribution in [1.82, 2.24) is 19.8 Å². The lowest BCUT2D eigenvalue weighted by atomic mass is 9.99. The molecule has 1 aliphatic heterocycles. The van der Waals surface area contributed by atoms with Gasteiger partial charge in [-0.15, -0.1) is 11.3 Å². The van der Waals surface area contributed by atoms with Gasteiger partial charge in [-0.3, -0.25) is 14.6 Å². The first-order chi connectivity index (χ1) is 18.0. The molecule has 1 fully saturated rings. The van der Waals surface area contributed by atoms with Crippen LogP contribution < -0.4 is 5.56 Å². The number of benzene rings is 2. The zero-order chi connectivity index (χ0) is 25.8. The molecular weight excluding hydrogens is 484 g/mol. The van der Waals surface area contributed by atoms with Gasteiger partial charge in [-0.1, -0.05) is 54.1 Å². The fourth-order valence-corrected chi connectivity index (χ4v) is 5.92. The van der Waals surface area contributed by atoms with E-state index in [2.05, 4.69) is 46.8 Å². The summed E-state index contributed by atoms with van der Waals surface area (Å²) < 4.78 is 5.48. The predicted octanol–water partition coefficient (Wildman–Crippen LogP) is 4.14. The molecule has 2 N–H and O–H groups in total. The van der Waals surface area contributed by atoms with Gasteiger partial charge < -0.3 is 14.8 Å². The van der Waals surface area contributed by atoms with Gasteiger partial charge in [0.25, 0.3) is 5.56 Å². The number of nitrogens with zero attached hydrogens (tertiary/aromatic N) is 3. The van der Waals surface area contributed by atoms with E-state index in [1.54, 1.807) is 0 Å². The lowest BCUT2D eigenvalue weighted by Crippen LogP contribution is -2.42. The van der Waals surface area contributed by atoms with E-state index in [-0.39, 0.29) is 5.56 Å². The minimum atomic E-state index is -0.626. The summed E-state index contributed by atoms with van der Waals surface area (Å²) in [5.74, 6) is 0.619. The van der Waals surface area contributed by atoms with Gasteiger partial charge >= 0.3 is 0 Å². The van der Waals surface area contributed by atoms with Crippen molar-refractivity contribution >= 4 is 21.6 Å². The molecule has 1 saturated heterocycles. The molecule has 0 radical (unpaired) electrons. The highest BCUT2D eigenvalue weighted by atomic mass is 32.1. The predicted molar refractivity (Wildman–Crippen MR) is 149 cm³/mol. The topological polar surface area (TPSA) is 81.7 Å². The van der Waals surface area contributed by atoms with Gasteiger partial charge in [0.05, 0.1) is 31.2 Å². The third-order valence-corrected chi connectivity index (χ3v) is 7.86. The fourth-order valence-electron chi connectivity index (χ4n) is 4.96. The second kappa shape index (κ2) is 11.7. The number of nitrogens with one attached hydrogen (secondary N) is 1. The summed E-state index contributed by atoms with van der Waals surface area (Å²) in [7, 11) is 0. The number of morpholine rings is 1. The molecule has 0 bridgehead atoms. The Morgan fingerprint density at radius 3 is 2.68 bits per heavy atom. The Bertz CT molecular complexity index is 1400. The highest BCUT2D eigenvalue weighted by molar-refractivity contribution is 7.17. The largest absolute Gasteiger partial charge is 0.387 e. The second-order valence-electron chi connectivity index (χ2n) is 9.78. The number of thiophene rings is 1. The van der Waals surface area contributed by atoms with Gasteiger partial charge in [0.15, 0.2) is 0 Å². The molecule has 1 aliphatic rings. The van der Waals surface area contributed by atoms with Crippen LogP contribution in [0.3, 0.4) is 0 Å². The SMILES string of the molecule is Cc1ccc(-c2csc3nc(CN(CCN4CCOCC4)C[C@@H](O)c4ccccc4)[nH]c(=O)c23)c(C)c1. The highest BCUT2D eigenvalue weighted by Crippen LogP contribution is 2.33. The number of aliphatic hydroxyl groups is 1. The average Bonchev–Trinajstić information content (AvgIpc) is 3.32. The van der Waals surface area contributed by atoms with Gasteiger partial charge in [0, 0.05) is 43.7 Å². The normalized spacial score (nSPS) is 15.5.